The zero-order chi connectivity index (χ0) is 27.7. The summed E-state index contributed by atoms with van der Waals surface area (Å²) < 4.78 is 0. The van der Waals surface area contributed by atoms with Crippen LogP contribution in [0.3, 0.4) is 0 Å². The lowest BCUT2D eigenvalue weighted by molar-refractivity contribution is 0.101. The Bertz CT molecular complexity index is 1080. The lowest BCUT2D eigenvalue weighted by Gasteiger charge is -2.18. The standard InChI is InChI=1S/C12H16O.C11H14O.C11H16.2CH4/c1-9(13)10-5-7-11(8-6-10)12(2,3)4;1-11(2,3)10-6-4-9(8-12)5-7-10;1-9-5-7-10(8-6-9)11(2,3)4;;/h5-8H,1-4H3;4-8H,1-3H3;5-8H,1-4H3;2*1H4. The first-order valence-corrected chi connectivity index (χ1v) is 12.7. The van der Waals surface area contributed by atoms with Crippen LogP contribution in [0.4, 0.5) is 0 Å². The van der Waals surface area contributed by atoms with E-state index >= 15 is 0 Å². The molecule has 2 nitrogen and oxygen atoms in total. The summed E-state index contributed by atoms with van der Waals surface area (Å²) in [6, 6.07) is 24.3. The van der Waals surface area contributed by atoms with E-state index in [4.69, 9.17) is 0 Å². The molecular weight excluding hydrogens is 464 g/mol. The van der Waals surface area contributed by atoms with Crippen molar-refractivity contribution >= 4 is 12.1 Å². The Labute approximate surface area is 234 Å². The van der Waals surface area contributed by atoms with Crippen LogP contribution in [-0.2, 0) is 16.2 Å². The summed E-state index contributed by atoms with van der Waals surface area (Å²) in [5, 5.41) is 0. The van der Waals surface area contributed by atoms with Gasteiger partial charge in [-0.1, -0.05) is 156 Å². The summed E-state index contributed by atoms with van der Waals surface area (Å²) in [5.41, 5.74) is 7.40. The summed E-state index contributed by atoms with van der Waals surface area (Å²) in [7, 11) is 0. The minimum absolute atomic E-state index is 0. The average Bonchev–Trinajstić information content (AvgIpc) is 2.78. The molecule has 0 N–H and O–H groups in total. The SMILES string of the molecule is C.C.CC(=O)c1ccc(C(C)(C)C)cc1.CC(C)(C)c1ccc(C=O)cc1.Cc1ccc(C(C)(C)C)cc1. The number of ketones is 1. The number of Topliss-reactive ketones (excluding diaryl/α,β-unsaturated/α-hetero) is 1. The van der Waals surface area contributed by atoms with E-state index in [2.05, 4.69) is 93.5 Å². The van der Waals surface area contributed by atoms with Crippen molar-refractivity contribution < 1.29 is 9.59 Å². The molecule has 0 fully saturated rings. The number of rotatable bonds is 2. The Hall–Kier alpha value is -3.00. The van der Waals surface area contributed by atoms with Gasteiger partial charge in [0, 0.05) is 11.1 Å². The van der Waals surface area contributed by atoms with E-state index in [1.165, 1.54) is 22.3 Å². The van der Waals surface area contributed by atoms with Crippen molar-refractivity contribution in [1.29, 1.82) is 0 Å². The van der Waals surface area contributed by atoms with Gasteiger partial charge in [0.15, 0.2) is 5.78 Å². The van der Waals surface area contributed by atoms with E-state index in [-0.39, 0.29) is 36.9 Å². The van der Waals surface area contributed by atoms with Crippen molar-refractivity contribution in [2.24, 2.45) is 0 Å². The van der Waals surface area contributed by atoms with Gasteiger partial charge in [0.1, 0.15) is 6.29 Å². The third-order valence-electron chi connectivity index (χ3n) is 5.99. The van der Waals surface area contributed by atoms with E-state index in [9.17, 15) is 9.59 Å². The number of hydrogen-bond donors (Lipinski definition) is 0. The molecule has 0 aliphatic rings. The van der Waals surface area contributed by atoms with Gasteiger partial charge in [-0.15, -0.1) is 0 Å². The smallest absolute Gasteiger partial charge is 0.159 e. The quantitative estimate of drug-likeness (QED) is 0.250. The number of carbonyl (C=O) groups is 2. The first-order valence-electron chi connectivity index (χ1n) is 12.7. The van der Waals surface area contributed by atoms with Crippen molar-refractivity contribution in [1.82, 2.24) is 0 Å². The van der Waals surface area contributed by atoms with Gasteiger partial charge in [-0.25, -0.2) is 0 Å². The fraction of sp³-hybridized carbons (Fsp3) is 0.444. The summed E-state index contributed by atoms with van der Waals surface area (Å²) in [4.78, 5) is 21.4. The number of carbonyl (C=O) groups excluding carboxylic acids is 2. The number of hydrogen-bond acceptors (Lipinski definition) is 2. The van der Waals surface area contributed by atoms with Gasteiger partial charge < -0.3 is 0 Å². The Balaban J connectivity index is 0. The molecule has 3 aromatic rings. The van der Waals surface area contributed by atoms with Crippen LogP contribution in [-0.4, -0.2) is 12.1 Å². The molecule has 0 spiro atoms. The van der Waals surface area contributed by atoms with Crippen molar-refractivity contribution in [2.75, 3.05) is 0 Å². The van der Waals surface area contributed by atoms with E-state index < -0.39 is 0 Å². The molecular formula is C36H54O2. The van der Waals surface area contributed by atoms with Gasteiger partial charge in [-0.2, -0.15) is 0 Å². The molecule has 3 rings (SSSR count). The molecule has 2 heteroatoms. The minimum Gasteiger partial charge on any atom is -0.298 e. The van der Waals surface area contributed by atoms with Crippen LogP contribution in [0.25, 0.3) is 0 Å². The van der Waals surface area contributed by atoms with E-state index in [1.54, 1.807) is 6.92 Å². The largest absolute Gasteiger partial charge is 0.298 e. The first-order chi connectivity index (χ1) is 16.4. The molecule has 3 aromatic carbocycles. The molecule has 0 radical (unpaired) electrons. The highest BCUT2D eigenvalue weighted by atomic mass is 16.1. The van der Waals surface area contributed by atoms with Gasteiger partial charge in [0.25, 0.3) is 0 Å². The second-order valence-corrected chi connectivity index (χ2v) is 12.5. The van der Waals surface area contributed by atoms with Crippen LogP contribution >= 0.6 is 0 Å². The van der Waals surface area contributed by atoms with Gasteiger partial charge in [0.05, 0.1) is 0 Å². The first kappa shape index (κ1) is 37.2. The topological polar surface area (TPSA) is 34.1 Å². The second-order valence-electron chi connectivity index (χ2n) is 12.5. The van der Waals surface area contributed by atoms with Gasteiger partial charge >= 0.3 is 0 Å². The maximum Gasteiger partial charge on any atom is 0.159 e. The molecule has 0 atom stereocenters. The fourth-order valence-electron chi connectivity index (χ4n) is 3.32. The Morgan fingerprint density at radius 1 is 0.553 bits per heavy atom. The number of aryl methyl sites for hydroxylation is 1. The third kappa shape index (κ3) is 13.0. The molecule has 210 valence electrons. The molecule has 0 unspecified atom stereocenters. The summed E-state index contributed by atoms with van der Waals surface area (Å²) in [6.07, 6.45) is 0.867. The summed E-state index contributed by atoms with van der Waals surface area (Å²) in [5.74, 6) is 0.125. The molecule has 0 bridgehead atoms. The zero-order valence-electron chi connectivity index (χ0n) is 24.3. The fourth-order valence-corrected chi connectivity index (χ4v) is 3.32. The molecule has 0 saturated carbocycles. The van der Waals surface area contributed by atoms with Crippen LogP contribution in [0.1, 0.15) is 127 Å². The summed E-state index contributed by atoms with van der Waals surface area (Å²) >= 11 is 0. The second kappa shape index (κ2) is 15.4. The van der Waals surface area contributed by atoms with Crippen LogP contribution in [0, 0.1) is 6.92 Å². The highest BCUT2D eigenvalue weighted by Crippen LogP contribution is 2.23. The summed E-state index contributed by atoms with van der Waals surface area (Å²) in [6.45, 7) is 23.4. The van der Waals surface area contributed by atoms with Gasteiger partial charge in [-0.3, -0.25) is 9.59 Å². The number of benzene rings is 3. The van der Waals surface area contributed by atoms with Crippen molar-refractivity contribution in [3.8, 4) is 0 Å². The minimum atomic E-state index is 0. The molecule has 0 amide bonds. The maximum atomic E-state index is 11.0. The highest BCUT2D eigenvalue weighted by Gasteiger charge is 2.14. The lowest BCUT2D eigenvalue weighted by Crippen LogP contribution is -2.10. The predicted molar refractivity (Wildman–Crippen MR) is 169 cm³/mol. The molecule has 38 heavy (non-hydrogen) atoms. The zero-order valence-corrected chi connectivity index (χ0v) is 24.3. The van der Waals surface area contributed by atoms with E-state index in [0.717, 1.165) is 17.4 Å². The Kier molecular flexibility index (Phi) is 15.1. The highest BCUT2D eigenvalue weighted by molar-refractivity contribution is 5.94. The van der Waals surface area contributed by atoms with Crippen LogP contribution < -0.4 is 0 Å². The average molecular weight is 519 g/mol. The van der Waals surface area contributed by atoms with Crippen LogP contribution in [0.15, 0.2) is 72.8 Å². The Morgan fingerprint density at radius 3 is 1.11 bits per heavy atom. The van der Waals surface area contributed by atoms with Crippen LogP contribution in [0.5, 0.6) is 0 Å². The maximum absolute atomic E-state index is 11.0. The molecule has 0 heterocycles. The van der Waals surface area contributed by atoms with E-state index in [0.29, 0.717) is 0 Å². The van der Waals surface area contributed by atoms with Crippen molar-refractivity contribution in [3.63, 3.8) is 0 Å². The number of aldehydes is 1. The van der Waals surface area contributed by atoms with Crippen molar-refractivity contribution in [2.45, 2.75) is 107 Å². The van der Waals surface area contributed by atoms with E-state index in [1.807, 2.05) is 48.5 Å². The predicted octanol–water partition coefficient (Wildman–Crippen LogP) is 10.5. The molecule has 0 aliphatic heterocycles. The third-order valence-corrected chi connectivity index (χ3v) is 5.99. The molecule has 0 aliphatic carbocycles. The monoisotopic (exact) mass is 518 g/mol. The van der Waals surface area contributed by atoms with Crippen LogP contribution in [0.2, 0.25) is 0 Å². The normalized spacial score (nSPS) is 10.8. The van der Waals surface area contributed by atoms with Crippen molar-refractivity contribution in [3.05, 3.63) is 106 Å². The lowest BCUT2D eigenvalue weighted by atomic mass is 9.86. The Morgan fingerprint density at radius 2 is 0.842 bits per heavy atom. The molecule has 0 saturated heterocycles. The molecule has 0 aromatic heterocycles. The van der Waals surface area contributed by atoms with Gasteiger partial charge in [-0.05, 0) is 46.8 Å². The van der Waals surface area contributed by atoms with Gasteiger partial charge in [0.2, 0.25) is 0 Å².